The Hall–Kier alpha value is -2.15. The maximum Gasteiger partial charge on any atom is 0.341 e. The second-order valence-electron chi connectivity index (χ2n) is 8.49. The summed E-state index contributed by atoms with van der Waals surface area (Å²) in [6, 6.07) is 7.28. The Morgan fingerprint density at radius 2 is 1.97 bits per heavy atom. The minimum absolute atomic E-state index is 0.190. The van der Waals surface area contributed by atoms with Crippen molar-refractivity contribution < 1.29 is 14.3 Å². The van der Waals surface area contributed by atoms with E-state index in [1.165, 1.54) is 17.4 Å². The minimum Gasteiger partial charge on any atom is -0.462 e. The molecule has 160 valence electrons. The third-order valence-corrected chi connectivity index (χ3v) is 6.70. The van der Waals surface area contributed by atoms with Crippen LogP contribution in [-0.4, -0.2) is 24.0 Å². The van der Waals surface area contributed by atoms with Crippen molar-refractivity contribution >= 4 is 45.9 Å². The molecule has 7 heteroatoms. The first-order valence-electron chi connectivity index (χ1n) is 9.90. The molecular formula is C23H27ClN2O3S. The standard InChI is InChI=1S/C23H27ClN2O3S/c1-6-29-21(28)18-15-13-22(2,3)26-23(4,5)19(15)30-20(18)25-17(27)12-11-14-9-7-8-10-16(14)24/h7-12,26H,6,13H2,1-5H3,(H,25,27)/b12-11+. The van der Waals surface area contributed by atoms with Crippen LogP contribution in [-0.2, 0) is 21.5 Å². The van der Waals surface area contributed by atoms with E-state index in [0.717, 1.165) is 16.0 Å². The zero-order chi connectivity index (χ0) is 22.1. The van der Waals surface area contributed by atoms with E-state index >= 15 is 0 Å². The van der Waals surface area contributed by atoms with Crippen molar-refractivity contribution in [1.82, 2.24) is 5.32 Å². The fourth-order valence-corrected chi connectivity index (χ4v) is 5.43. The van der Waals surface area contributed by atoms with Gasteiger partial charge in [0.05, 0.1) is 12.2 Å². The van der Waals surface area contributed by atoms with E-state index in [0.29, 0.717) is 22.0 Å². The van der Waals surface area contributed by atoms with Gasteiger partial charge in [-0.25, -0.2) is 4.79 Å². The van der Waals surface area contributed by atoms with E-state index in [4.69, 9.17) is 16.3 Å². The number of thiophene rings is 1. The molecule has 1 aliphatic heterocycles. The maximum absolute atomic E-state index is 12.8. The summed E-state index contributed by atoms with van der Waals surface area (Å²) in [6.45, 7) is 10.4. The number of halogens is 1. The summed E-state index contributed by atoms with van der Waals surface area (Å²) in [5.41, 5.74) is 1.62. The van der Waals surface area contributed by atoms with Gasteiger partial charge in [0.15, 0.2) is 0 Å². The zero-order valence-electron chi connectivity index (χ0n) is 17.9. The number of hydrogen-bond donors (Lipinski definition) is 2. The summed E-state index contributed by atoms with van der Waals surface area (Å²) in [4.78, 5) is 26.5. The SMILES string of the molecule is CCOC(=O)c1c(NC(=O)/C=C/c2ccccc2Cl)sc2c1CC(C)(C)NC2(C)C. The molecule has 3 rings (SSSR count). The predicted molar refractivity (Wildman–Crippen MR) is 123 cm³/mol. The van der Waals surface area contributed by atoms with Gasteiger partial charge in [-0.15, -0.1) is 11.3 Å². The van der Waals surface area contributed by atoms with Gasteiger partial charge in [-0.05, 0) is 64.3 Å². The van der Waals surface area contributed by atoms with Crippen LogP contribution in [0.5, 0.6) is 0 Å². The molecule has 1 aromatic carbocycles. The van der Waals surface area contributed by atoms with Crippen molar-refractivity contribution in [3.63, 3.8) is 0 Å². The molecule has 0 radical (unpaired) electrons. The molecule has 2 aromatic rings. The first-order chi connectivity index (χ1) is 14.0. The van der Waals surface area contributed by atoms with Crippen molar-refractivity contribution in [2.24, 2.45) is 0 Å². The molecule has 30 heavy (non-hydrogen) atoms. The Kier molecular flexibility index (Phi) is 6.41. The third kappa shape index (κ3) is 4.77. The Bertz CT molecular complexity index is 1010. The monoisotopic (exact) mass is 446 g/mol. The van der Waals surface area contributed by atoms with Crippen molar-refractivity contribution in [2.45, 2.75) is 52.1 Å². The van der Waals surface area contributed by atoms with E-state index < -0.39 is 5.97 Å². The minimum atomic E-state index is -0.408. The number of ether oxygens (including phenoxy) is 1. The molecule has 2 heterocycles. The summed E-state index contributed by atoms with van der Waals surface area (Å²) < 4.78 is 5.32. The highest BCUT2D eigenvalue weighted by Crippen LogP contribution is 2.45. The molecule has 1 aliphatic rings. The van der Waals surface area contributed by atoms with Crippen LogP contribution in [0.1, 0.15) is 61.0 Å². The van der Waals surface area contributed by atoms with E-state index in [-0.39, 0.29) is 23.6 Å². The Balaban J connectivity index is 1.96. The maximum atomic E-state index is 12.8. The molecule has 0 aliphatic carbocycles. The lowest BCUT2D eigenvalue weighted by Crippen LogP contribution is -2.55. The van der Waals surface area contributed by atoms with Crippen molar-refractivity contribution in [3.8, 4) is 0 Å². The first-order valence-corrected chi connectivity index (χ1v) is 11.1. The number of amides is 1. The van der Waals surface area contributed by atoms with Crippen molar-refractivity contribution in [3.05, 3.63) is 56.9 Å². The van der Waals surface area contributed by atoms with Crippen LogP contribution >= 0.6 is 22.9 Å². The molecule has 0 unspecified atom stereocenters. The Labute approximate surface area is 186 Å². The number of rotatable bonds is 5. The number of benzene rings is 1. The molecule has 1 amide bonds. The molecular weight excluding hydrogens is 420 g/mol. The highest BCUT2D eigenvalue weighted by molar-refractivity contribution is 7.17. The molecule has 0 saturated carbocycles. The second-order valence-corrected chi connectivity index (χ2v) is 9.92. The van der Waals surface area contributed by atoms with Crippen LogP contribution < -0.4 is 10.6 Å². The van der Waals surface area contributed by atoms with E-state index in [1.54, 1.807) is 19.1 Å². The lowest BCUT2D eigenvalue weighted by Gasteiger charge is -2.42. The van der Waals surface area contributed by atoms with E-state index in [2.05, 4.69) is 38.3 Å². The highest BCUT2D eigenvalue weighted by Gasteiger charge is 2.42. The molecule has 1 aromatic heterocycles. The summed E-state index contributed by atoms with van der Waals surface area (Å²) in [5.74, 6) is -0.738. The quantitative estimate of drug-likeness (QED) is 0.477. The van der Waals surface area contributed by atoms with Gasteiger partial charge in [-0.1, -0.05) is 29.8 Å². The predicted octanol–water partition coefficient (Wildman–Crippen LogP) is 5.39. The molecule has 5 nitrogen and oxygen atoms in total. The third-order valence-electron chi connectivity index (χ3n) is 4.88. The van der Waals surface area contributed by atoms with Crippen LogP contribution in [0.4, 0.5) is 5.00 Å². The summed E-state index contributed by atoms with van der Waals surface area (Å²) in [6.07, 6.45) is 3.74. The van der Waals surface area contributed by atoms with Gasteiger partial charge >= 0.3 is 5.97 Å². The fourth-order valence-electron chi connectivity index (χ4n) is 3.96. The largest absolute Gasteiger partial charge is 0.462 e. The summed E-state index contributed by atoms with van der Waals surface area (Å²) in [7, 11) is 0. The highest BCUT2D eigenvalue weighted by atomic mass is 35.5. The summed E-state index contributed by atoms with van der Waals surface area (Å²) in [5, 5.41) is 7.58. The van der Waals surface area contributed by atoms with Gasteiger partial charge in [-0.3, -0.25) is 4.79 Å². The summed E-state index contributed by atoms with van der Waals surface area (Å²) >= 11 is 7.57. The lowest BCUT2D eigenvalue weighted by molar-refractivity contribution is -0.111. The van der Waals surface area contributed by atoms with E-state index in [9.17, 15) is 9.59 Å². The smallest absolute Gasteiger partial charge is 0.341 e. The topological polar surface area (TPSA) is 67.4 Å². The number of fused-ring (bicyclic) bond motifs is 1. The van der Waals surface area contributed by atoms with Gasteiger partial charge in [0.2, 0.25) is 5.91 Å². The molecule has 0 fully saturated rings. The van der Waals surface area contributed by atoms with Gasteiger partial charge < -0.3 is 15.4 Å². The van der Waals surface area contributed by atoms with Gasteiger partial charge in [0.25, 0.3) is 0 Å². The van der Waals surface area contributed by atoms with E-state index in [1.807, 2.05) is 18.2 Å². The first kappa shape index (κ1) is 22.5. The lowest BCUT2D eigenvalue weighted by atomic mass is 9.81. The van der Waals surface area contributed by atoms with Gasteiger partial charge in [-0.2, -0.15) is 0 Å². The number of carbonyl (C=O) groups excluding carboxylic acids is 2. The van der Waals surface area contributed by atoms with Crippen LogP contribution in [0.15, 0.2) is 30.3 Å². The normalized spacial score (nSPS) is 16.9. The molecule has 0 spiro atoms. The molecule has 0 saturated heterocycles. The molecule has 0 atom stereocenters. The number of nitrogens with one attached hydrogen (secondary N) is 2. The fraction of sp³-hybridized carbons (Fsp3) is 0.391. The van der Waals surface area contributed by atoms with Crippen LogP contribution in [0.3, 0.4) is 0 Å². The average Bonchev–Trinajstić information content (AvgIpc) is 2.98. The number of anilines is 1. The van der Waals surface area contributed by atoms with Gasteiger partial charge in [0.1, 0.15) is 5.00 Å². The Morgan fingerprint density at radius 1 is 1.27 bits per heavy atom. The average molecular weight is 447 g/mol. The Morgan fingerprint density at radius 3 is 2.63 bits per heavy atom. The molecule has 0 bridgehead atoms. The van der Waals surface area contributed by atoms with Crippen molar-refractivity contribution in [1.29, 1.82) is 0 Å². The molecule has 2 N–H and O–H groups in total. The van der Waals surface area contributed by atoms with Crippen LogP contribution in [0.2, 0.25) is 5.02 Å². The number of esters is 1. The van der Waals surface area contributed by atoms with Gasteiger partial charge in [0, 0.05) is 27.1 Å². The van der Waals surface area contributed by atoms with Crippen LogP contribution in [0.25, 0.3) is 6.08 Å². The second kappa shape index (κ2) is 8.53. The van der Waals surface area contributed by atoms with Crippen LogP contribution in [0, 0.1) is 0 Å². The number of carbonyl (C=O) groups is 2. The zero-order valence-corrected chi connectivity index (χ0v) is 19.5. The number of hydrogen-bond acceptors (Lipinski definition) is 5. The van der Waals surface area contributed by atoms with Crippen molar-refractivity contribution in [2.75, 3.05) is 11.9 Å².